The number of hydrogen-bond acceptors (Lipinski definition) is 5. The smallest absolute Gasteiger partial charge is 0.225 e. The number of carbonyl (C=O) groups excluding carboxylic acids is 1. The van der Waals surface area contributed by atoms with Crippen molar-refractivity contribution in [3.8, 4) is 0 Å². The van der Waals surface area contributed by atoms with Crippen LogP contribution in [-0.2, 0) is 18.3 Å². The molecule has 0 saturated carbocycles. The molecule has 0 fully saturated rings. The van der Waals surface area contributed by atoms with Crippen LogP contribution in [0.25, 0.3) is 5.65 Å². The van der Waals surface area contributed by atoms with Crippen molar-refractivity contribution >= 4 is 17.2 Å². The molecule has 0 aliphatic heterocycles. The Morgan fingerprint density at radius 2 is 2.16 bits per heavy atom. The maximum absolute atomic E-state index is 12.3. The molecule has 3 aromatic heterocycles. The van der Waals surface area contributed by atoms with E-state index in [1.807, 2.05) is 42.9 Å². The highest BCUT2D eigenvalue weighted by Gasteiger charge is 2.14. The molecule has 1 unspecified atom stereocenters. The highest BCUT2D eigenvalue weighted by molar-refractivity contribution is 5.91. The molecule has 3 aromatic rings. The van der Waals surface area contributed by atoms with Crippen LogP contribution in [0.3, 0.4) is 0 Å². The lowest BCUT2D eigenvalue weighted by Crippen LogP contribution is -2.14. The quantitative estimate of drug-likeness (QED) is 0.678. The number of pyridine rings is 1. The third-order valence-corrected chi connectivity index (χ3v) is 4.10. The summed E-state index contributed by atoms with van der Waals surface area (Å²) in [6, 6.07) is 3.63. The third-order valence-electron chi connectivity index (χ3n) is 4.10. The fourth-order valence-electron chi connectivity index (χ4n) is 2.72. The molecule has 0 saturated heterocycles. The second kappa shape index (κ2) is 7.43. The number of hydrogen-bond donors (Lipinski definition) is 2. The van der Waals surface area contributed by atoms with E-state index in [1.165, 1.54) is 0 Å². The maximum atomic E-state index is 12.3. The van der Waals surface area contributed by atoms with Crippen LogP contribution in [0, 0.1) is 0 Å². The fraction of sp³-hybridized carbons (Fsp3) is 0.412. The Labute approximate surface area is 145 Å². The van der Waals surface area contributed by atoms with Crippen molar-refractivity contribution < 1.29 is 9.90 Å². The summed E-state index contributed by atoms with van der Waals surface area (Å²) in [6.45, 7) is 2.12. The highest BCUT2D eigenvalue weighted by Crippen LogP contribution is 2.19. The minimum absolute atomic E-state index is 0.0549. The summed E-state index contributed by atoms with van der Waals surface area (Å²) in [5, 5.41) is 24.2. The van der Waals surface area contributed by atoms with E-state index in [0.29, 0.717) is 24.9 Å². The van der Waals surface area contributed by atoms with Crippen molar-refractivity contribution in [1.82, 2.24) is 24.4 Å². The molecule has 3 heterocycles. The van der Waals surface area contributed by atoms with Gasteiger partial charge in [-0.3, -0.25) is 13.9 Å². The van der Waals surface area contributed by atoms with Gasteiger partial charge in [0.25, 0.3) is 0 Å². The predicted octanol–water partition coefficient (Wildman–Crippen LogP) is 1.52. The average molecular weight is 342 g/mol. The number of fused-ring (bicyclic) bond motifs is 1. The molecule has 2 N–H and O–H groups in total. The van der Waals surface area contributed by atoms with Crippen molar-refractivity contribution in [3.63, 3.8) is 0 Å². The van der Waals surface area contributed by atoms with Gasteiger partial charge in [-0.25, -0.2) is 0 Å². The van der Waals surface area contributed by atoms with Gasteiger partial charge in [-0.05, 0) is 30.0 Å². The lowest BCUT2D eigenvalue weighted by Gasteiger charge is -2.10. The zero-order valence-electron chi connectivity index (χ0n) is 14.4. The Kier molecular flexibility index (Phi) is 5.08. The molecule has 0 aromatic carbocycles. The summed E-state index contributed by atoms with van der Waals surface area (Å²) in [6.07, 6.45) is 7.16. The van der Waals surface area contributed by atoms with Gasteiger partial charge in [0.15, 0.2) is 5.65 Å². The topological polar surface area (TPSA) is 97.3 Å². The molecule has 3 rings (SSSR count). The van der Waals surface area contributed by atoms with Crippen LogP contribution in [0.2, 0.25) is 0 Å². The zero-order chi connectivity index (χ0) is 17.8. The lowest BCUT2D eigenvalue weighted by atomic mass is 10.0. The SMILES string of the molecule is CC(CC(=O)Nc1ccc2nnc(CCCO)n2c1)c1cnn(C)c1. The molecule has 8 nitrogen and oxygen atoms in total. The van der Waals surface area contributed by atoms with Gasteiger partial charge in [0, 0.05) is 38.9 Å². The van der Waals surface area contributed by atoms with E-state index in [-0.39, 0.29) is 18.4 Å². The zero-order valence-corrected chi connectivity index (χ0v) is 14.4. The normalized spacial score (nSPS) is 12.4. The molecule has 0 aliphatic rings. The summed E-state index contributed by atoms with van der Waals surface area (Å²) in [7, 11) is 1.86. The van der Waals surface area contributed by atoms with E-state index >= 15 is 0 Å². The minimum atomic E-state index is -0.0549. The van der Waals surface area contributed by atoms with Gasteiger partial charge in [0.1, 0.15) is 5.82 Å². The van der Waals surface area contributed by atoms with E-state index in [2.05, 4.69) is 20.6 Å². The molecular weight excluding hydrogens is 320 g/mol. The first-order valence-corrected chi connectivity index (χ1v) is 8.29. The molecular formula is C17H22N6O2. The summed E-state index contributed by atoms with van der Waals surface area (Å²) >= 11 is 0. The monoisotopic (exact) mass is 342 g/mol. The van der Waals surface area contributed by atoms with Gasteiger partial charge in [0.05, 0.1) is 11.9 Å². The van der Waals surface area contributed by atoms with Crippen molar-refractivity contribution in [2.75, 3.05) is 11.9 Å². The van der Waals surface area contributed by atoms with Crippen LogP contribution in [-0.4, -0.2) is 42.0 Å². The van der Waals surface area contributed by atoms with Crippen LogP contribution < -0.4 is 5.32 Å². The number of amides is 1. The van der Waals surface area contributed by atoms with Crippen LogP contribution >= 0.6 is 0 Å². The Balaban J connectivity index is 1.68. The number of aryl methyl sites for hydroxylation is 2. The first kappa shape index (κ1) is 17.1. The third kappa shape index (κ3) is 4.03. The van der Waals surface area contributed by atoms with Gasteiger partial charge in [-0.1, -0.05) is 6.92 Å². The fourth-order valence-corrected chi connectivity index (χ4v) is 2.72. The largest absolute Gasteiger partial charge is 0.396 e. The Bertz CT molecular complexity index is 869. The minimum Gasteiger partial charge on any atom is -0.396 e. The van der Waals surface area contributed by atoms with Crippen LogP contribution in [0.15, 0.2) is 30.7 Å². The first-order valence-electron chi connectivity index (χ1n) is 8.29. The molecule has 0 spiro atoms. The molecule has 8 heteroatoms. The molecule has 1 atom stereocenters. The number of anilines is 1. The van der Waals surface area contributed by atoms with Gasteiger partial charge in [-0.15, -0.1) is 10.2 Å². The number of nitrogens with zero attached hydrogens (tertiary/aromatic N) is 5. The second-order valence-corrected chi connectivity index (χ2v) is 6.19. The van der Waals surface area contributed by atoms with Gasteiger partial charge in [-0.2, -0.15) is 5.10 Å². The summed E-state index contributed by atoms with van der Waals surface area (Å²) < 4.78 is 3.58. The second-order valence-electron chi connectivity index (χ2n) is 6.19. The van der Waals surface area contributed by atoms with Gasteiger partial charge in [0.2, 0.25) is 5.91 Å². The highest BCUT2D eigenvalue weighted by atomic mass is 16.3. The Morgan fingerprint density at radius 1 is 1.32 bits per heavy atom. The predicted molar refractivity (Wildman–Crippen MR) is 93.3 cm³/mol. The first-order chi connectivity index (χ1) is 12.1. The number of carbonyl (C=O) groups is 1. The maximum Gasteiger partial charge on any atom is 0.225 e. The molecule has 1 amide bonds. The summed E-state index contributed by atoms with van der Waals surface area (Å²) in [5.41, 5.74) is 2.45. The molecule has 25 heavy (non-hydrogen) atoms. The van der Waals surface area contributed by atoms with Crippen LogP contribution in [0.5, 0.6) is 0 Å². The van der Waals surface area contributed by atoms with E-state index < -0.39 is 0 Å². The standard InChI is InChI=1S/C17H22N6O2/c1-12(13-9-18-22(2)10-13)8-17(25)19-14-5-6-16-21-20-15(4-3-7-24)23(16)11-14/h5-6,9-12,24H,3-4,7-8H2,1-2H3,(H,19,25). The lowest BCUT2D eigenvalue weighted by molar-refractivity contribution is -0.116. The van der Waals surface area contributed by atoms with E-state index in [9.17, 15) is 4.79 Å². The number of rotatable bonds is 7. The molecule has 132 valence electrons. The van der Waals surface area contributed by atoms with Crippen molar-refractivity contribution in [2.45, 2.75) is 32.1 Å². The number of aliphatic hydroxyl groups is 1. The van der Waals surface area contributed by atoms with Crippen molar-refractivity contribution in [2.24, 2.45) is 7.05 Å². The number of nitrogens with one attached hydrogen (secondary N) is 1. The van der Waals surface area contributed by atoms with Crippen LogP contribution in [0.4, 0.5) is 5.69 Å². The van der Waals surface area contributed by atoms with Gasteiger partial charge < -0.3 is 10.4 Å². The summed E-state index contributed by atoms with van der Waals surface area (Å²) in [4.78, 5) is 12.3. The van der Waals surface area contributed by atoms with Crippen molar-refractivity contribution in [3.05, 3.63) is 42.1 Å². The Morgan fingerprint density at radius 3 is 2.88 bits per heavy atom. The van der Waals surface area contributed by atoms with Crippen molar-refractivity contribution in [1.29, 1.82) is 0 Å². The molecule has 0 radical (unpaired) electrons. The van der Waals surface area contributed by atoms with Gasteiger partial charge >= 0.3 is 0 Å². The number of aromatic nitrogens is 5. The number of aliphatic hydroxyl groups excluding tert-OH is 1. The molecule has 0 bridgehead atoms. The average Bonchev–Trinajstić information content (AvgIpc) is 3.19. The summed E-state index contributed by atoms with van der Waals surface area (Å²) in [5.74, 6) is 0.803. The van der Waals surface area contributed by atoms with E-state index in [4.69, 9.17) is 5.11 Å². The molecule has 0 aliphatic carbocycles. The van der Waals surface area contributed by atoms with E-state index in [1.54, 1.807) is 10.9 Å². The Hall–Kier alpha value is -2.74. The van der Waals surface area contributed by atoms with E-state index in [0.717, 1.165) is 17.0 Å². The van der Waals surface area contributed by atoms with Crippen LogP contribution in [0.1, 0.15) is 37.1 Å².